The number of hydrogen-bond acceptors (Lipinski definition) is 4. The summed E-state index contributed by atoms with van der Waals surface area (Å²) in [5, 5.41) is 2.04. The van der Waals surface area contributed by atoms with Crippen LogP contribution < -0.4 is 0 Å². The molecule has 2 rings (SSSR count). The fraction of sp³-hybridized carbons (Fsp3) is 0.412. The summed E-state index contributed by atoms with van der Waals surface area (Å²) in [5.74, 6) is 0.0971. The summed E-state index contributed by atoms with van der Waals surface area (Å²) in [6.45, 7) is 9.91. The number of thioether (sulfide) groups is 1. The lowest BCUT2D eigenvalue weighted by atomic mass is 10.0. The number of aromatic nitrogens is 1. The van der Waals surface area contributed by atoms with Crippen molar-refractivity contribution in [2.75, 3.05) is 5.75 Å². The Hall–Kier alpha value is -1.55. The van der Waals surface area contributed by atoms with Crippen molar-refractivity contribution >= 4 is 28.6 Å². The lowest BCUT2D eigenvalue weighted by molar-refractivity contribution is -0.144. The minimum Gasteiger partial charge on any atom is -0.462 e. The molecule has 0 N–H and O–H groups in total. The maximum Gasteiger partial charge on any atom is 0.316 e. The SMILES string of the molecule is Cc1cc2ccc(C)c(C)c2nc1SCC(=O)OC(C)C. The number of aryl methyl sites for hydroxylation is 3. The second-order valence-corrected chi connectivity index (χ2v) is 6.48. The Bertz CT molecular complexity index is 680. The first-order valence-electron chi connectivity index (χ1n) is 7.08. The van der Waals surface area contributed by atoms with E-state index in [1.807, 2.05) is 20.8 Å². The van der Waals surface area contributed by atoms with Gasteiger partial charge in [0.05, 0.1) is 17.4 Å². The molecule has 4 heteroatoms. The summed E-state index contributed by atoms with van der Waals surface area (Å²) < 4.78 is 5.15. The zero-order valence-corrected chi connectivity index (χ0v) is 14.0. The Balaban J connectivity index is 2.26. The first kappa shape index (κ1) is 15.8. The summed E-state index contributed by atoms with van der Waals surface area (Å²) in [5.41, 5.74) is 4.53. The third kappa shape index (κ3) is 3.76. The zero-order valence-electron chi connectivity index (χ0n) is 13.2. The van der Waals surface area contributed by atoms with Crippen molar-refractivity contribution in [2.24, 2.45) is 0 Å². The van der Waals surface area contributed by atoms with Crippen LogP contribution in [0.1, 0.15) is 30.5 Å². The van der Waals surface area contributed by atoms with Crippen molar-refractivity contribution in [1.29, 1.82) is 0 Å². The molecule has 0 saturated carbocycles. The molecule has 21 heavy (non-hydrogen) atoms. The van der Waals surface area contributed by atoms with Crippen molar-refractivity contribution in [3.05, 3.63) is 34.9 Å². The smallest absolute Gasteiger partial charge is 0.316 e. The van der Waals surface area contributed by atoms with E-state index in [0.29, 0.717) is 5.75 Å². The molecule has 1 aromatic carbocycles. The predicted octanol–water partition coefficient (Wildman–Crippen LogP) is 4.20. The number of benzene rings is 1. The molecule has 0 aliphatic heterocycles. The average molecular weight is 303 g/mol. The van der Waals surface area contributed by atoms with Gasteiger partial charge in [0.25, 0.3) is 0 Å². The van der Waals surface area contributed by atoms with Gasteiger partial charge in [-0.2, -0.15) is 0 Å². The number of carbonyl (C=O) groups excluding carboxylic acids is 1. The summed E-state index contributed by atoms with van der Waals surface area (Å²) in [6, 6.07) is 6.34. The molecule has 2 aromatic rings. The van der Waals surface area contributed by atoms with Crippen molar-refractivity contribution in [3.63, 3.8) is 0 Å². The number of fused-ring (bicyclic) bond motifs is 1. The quantitative estimate of drug-likeness (QED) is 0.627. The van der Waals surface area contributed by atoms with Crippen molar-refractivity contribution in [3.8, 4) is 0 Å². The van der Waals surface area contributed by atoms with Gasteiger partial charge in [-0.25, -0.2) is 4.98 Å². The van der Waals surface area contributed by atoms with Gasteiger partial charge in [0.2, 0.25) is 0 Å². The molecular weight excluding hydrogens is 282 g/mol. The highest BCUT2D eigenvalue weighted by molar-refractivity contribution is 7.99. The predicted molar refractivity (Wildman–Crippen MR) is 87.9 cm³/mol. The maximum absolute atomic E-state index is 11.7. The fourth-order valence-electron chi connectivity index (χ4n) is 2.14. The van der Waals surface area contributed by atoms with Crippen LogP contribution >= 0.6 is 11.8 Å². The fourth-order valence-corrected chi connectivity index (χ4v) is 2.91. The third-order valence-corrected chi connectivity index (χ3v) is 4.42. The highest BCUT2D eigenvalue weighted by Crippen LogP contribution is 2.27. The van der Waals surface area contributed by atoms with E-state index >= 15 is 0 Å². The molecule has 0 saturated heterocycles. The van der Waals surface area contributed by atoms with Crippen molar-refractivity contribution in [1.82, 2.24) is 4.98 Å². The first-order valence-corrected chi connectivity index (χ1v) is 8.07. The zero-order chi connectivity index (χ0) is 15.6. The minimum atomic E-state index is -0.197. The van der Waals surface area contributed by atoms with Crippen LogP contribution in [-0.2, 0) is 9.53 Å². The highest BCUT2D eigenvalue weighted by Gasteiger charge is 2.11. The topological polar surface area (TPSA) is 39.2 Å². The molecule has 0 bridgehead atoms. The van der Waals surface area contributed by atoms with E-state index in [1.54, 1.807) is 0 Å². The summed E-state index contributed by atoms with van der Waals surface area (Å²) in [6.07, 6.45) is -0.0753. The molecule has 0 aliphatic carbocycles. The van der Waals surface area contributed by atoms with Crippen LogP contribution in [0.4, 0.5) is 0 Å². The summed E-state index contributed by atoms with van der Waals surface area (Å²) in [4.78, 5) is 16.4. The van der Waals surface area contributed by atoms with E-state index in [1.165, 1.54) is 22.9 Å². The molecule has 0 spiro atoms. The third-order valence-electron chi connectivity index (χ3n) is 3.35. The van der Waals surface area contributed by atoms with E-state index in [0.717, 1.165) is 21.5 Å². The van der Waals surface area contributed by atoms with E-state index in [2.05, 4.69) is 32.0 Å². The van der Waals surface area contributed by atoms with Crippen LogP contribution in [0.15, 0.2) is 23.2 Å². The maximum atomic E-state index is 11.7. The van der Waals surface area contributed by atoms with Crippen LogP contribution in [0.2, 0.25) is 0 Å². The van der Waals surface area contributed by atoms with Gasteiger partial charge in [-0.05, 0) is 57.4 Å². The molecule has 0 amide bonds. The lowest BCUT2D eigenvalue weighted by Gasteiger charge is -2.11. The Morgan fingerprint density at radius 2 is 1.95 bits per heavy atom. The standard InChI is InChI=1S/C17H21NO2S/c1-10(2)20-15(19)9-21-17-12(4)8-14-7-6-11(3)13(5)16(14)18-17/h6-8,10H,9H2,1-5H3. The van der Waals surface area contributed by atoms with Crippen LogP contribution in [0, 0.1) is 20.8 Å². The Kier molecular flexibility index (Phi) is 4.88. The number of nitrogens with zero attached hydrogens (tertiary/aromatic N) is 1. The lowest BCUT2D eigenvalue weighted by Crippen LogP contribution is -2.13. The van der Waals surface area contributed by atoms with Crippen LogP contribution in [-0.4, -0.2) is 22.8 Å². The molecule has 0 aliphatic rings. The number of carbonyl (C=O) groups is 1. The molecule has 0 unspecified atom stereocenters. The second kappa shape index (κ2) is 6.48. The van der Waals surface area contributed by atoms with Gasteiger partial charge >= 0.3 is 5.97 Å². The Labute approximate surface area is 130 Å². The van der Waals surface area contributed by atoms with Crippen molar-refractivity contribution in [2.45, 2.75) is 45.7 Å². The Morgan fingerprint density at radius 1 is 1.24 bits per heavy atom. The van der Waals surface area contributed by atoms with Gasteiger partial charge in [-0.1, -0.05) is 23.9 Å². The van der Waals surface area contributed by atoms with Gasteiger partial charge in [-0.3, -0.25) is 4.79 Å². The summed E-state index contributed by atoms with van der Waals surface area (Å²) in [7, 11) is 0. The normalized spacial score (nSPS) is 11.1. The van der Waals surface area contributed by atoms with Crippen LogP contribution in [0.3, 0.4) is 0 Å². The van der Waals surface area contributed by atoms with E-state index in [4.69, 9.17) is 9.72 Å². The molecule has 3 nitrogen and oxygen atoms in total. The molecule has 0 atom stereocenters. The first-order chi connectivity index (χ1) is 9.88. The molecular formula is C17H21NO2S. The number of pyridine rings is 1. The van der Waals surface area contributed by atoms with E-state index < -0.39 is 0 Å². The number of ether oxygens (including phenoxy) is 1. The monoisotopic (exact) mass is 303 g/mol. The van der Waals surface area contributed by atoms with E-state index in [9.17, 15) is 4.79 Å². The molecule has 1 aromatic heterocycles. The van der Waals surface area contributed by atoms with Crippen LogP contribution in [0.5, 0.6) is 0 Å². The van der Waals surface area contributed by atoms with E-state index in [-0.39, 0.29) is 12.1 Å². The molecule has 112 valence electrons. The average Bonchev–Trinajstić information content (AvgIpc) is 2.40. The van der Waals surface area contributed by atoms with Gasteiger partial charge in [0, 0.05) is 5.39 Å². The second-order valence-electron chi connectivity index (χ2n) is 5.52. The summed E-state index contributed by atoms with van der Waals surface area (Å²) >= 11 is 1.44. The van der Waals surface area contributed by atoms with Crippen LogP contribution in [0.25, 0.3) is 10.9 Å². The highest BCUT2D eigenvalue weighted by atomic mass is 32.2. The van der Waals surface area contributed by atoms with Gasteiger partial charge < -0.3 is 4.74 Å². The molecule has 1 heterocycles. The minimum absolute atomic E-state index is 0.0753. The largest absolute Gasteiger partial charge is 0.462 e. The van der Waals surface area contributed by atoms with Gasteiger partial charge in [-0.15, -0.1) is 0 Å². The Morgan fingerprint density at radius 3 is 2.62 bits per heavy atom. The molecule has 0 fully saturated rings. The number of rotatable bonds is 4. The van der Waals surface area contributed by atoms with Gasteiger partial charge in [0.15, 0.2) is 0 Å². The van der Waals surface area contributed by atoms with Gasteiger partial charge in [0.1, 0.15) is 5.03 Å². The van der Waals surface area contributed by atoms with Crippen molar-refractivity contribution < 1.29 is 9.53 Å². The number of esters is 1. The molecule has 0 radical (unpaired) electrons. The number of hydrogen-bond donors (Lipinski definition) is 0.